The van der Waals surface area contributed by atoms with E-state index in [9.17, 15) is 0 Å². The largest absolute Gasteiger partial charge is 0.457 e. The van der Waals surface area contributed by atoms with Gasteiger partial charge in [0.2, 0.25) is 0 Å². The van der Waals surface area contributed by atoms with E-state index in [0.717, 1.165) is 35.2 Å². The van der Waals surface area contributed by atoms with Crippen molar-refractivity contribution in [1.29, 1.82) is 0 Å². The van der Waals surface area contributed by atoms with E-state index in [0.29, 0.717) is 11.8 Å². The summed E-state index contributed by atoms with van der Waals surface area (Å²) in [4.78, 5) is 6.79. The predicted octanol–water partition coefficient (Wildman–Crippen LogP) is 7.23. The lowest BCUT2D eigenvalue weighted by Gasteiger charge is -2.22. The Labute approximate surface area is 213 Å². The van der Waals surface area contributed by atoms with Gasteiger partial charge in [-0.05, 0) is 47.2 Å². The molecule has 0 fully saturated rings. The molecule has 1 aliphatic heterocycles. The van der Waals surface area contributed by atoms with Crippen molar-refractivity contribution in [2.75, 3.05) is 18.7 Å². The van der Waals surface area contributed by atoms with Gasteiger partial charge in [-0.1, -0.05) is 64.1 Å². The number of rotatable bonds is 7. The number of hydrogen-bond acceptors (Lipinski definition) is 5. The highest BCUT2D eigenvalue weighted by Crippen LogP contribution is 2.35. The Hall–Kier alpha value is -4.06. The molecule has 36 heavy (non-hydrogen) atoms. The van der Waals surface area contributed by atoms with Crippen molar-refractivity contribution in [2.45, 2.75) is 39.5 Å². The standard InChI is InChI=1S/C30H33N5O/c1-21(2)27-13-8-14-28(22(3)4)29(27)34-16-15-31-30(34)23-9-6-11-25(17-23)36-26-12-7-10-24(18-26)35-20-33(5)19-32-35/h6-19,21-22H,20H2,1-5H3. The zero-order valence-corrected chi connectivity index (χ0v) is 21.6. The molecule has 0 unspecified atom stereocenters. The molecule has 0 spiro atoms. The van der Waals surface area contributed by atoms with Gasteiger partial charge >= 0.3 is 0 Å². The third-order valence-corrected chi connectivity index (χ3v) is 6.41. The normalized spacial score (nSPS) is 13.3. The van der Waals surface area contributed by atoms with Gasteiger partial charge in [-0.3, -0.25) is 4.57 Å². The second-order valence-corrected chi connectivity index (χ2v) is 9.87. The first-order valence-corrected chi connectivity index (χ1v) is 12.5. The molecule has 6 nitrogen and oxygen atoms in total. The summed E-state index contributed by atoms with van der Waals surface area (Å²) in [5.41, 5.74) is 5.86. The lowest BCUT2D eigenvalue weighted by atomic mass is 9.92. The Bertz CT molecular complexity index is 1360. The van der Waals surface area contributed by atoms with Gasteiger partial charge in [0.25, 0.3) is 0 Å². The van der Waals surface area contributed by atoms with Crippen LogP contribution in [0.25, 0.3) is 17.1 Å². The Kier molecular flexibility index (Phi) is 6.51. The van der Waals surface area contributed by atoms with Crippen molar-refractivity contribution < 1.29 is 4.74 Å². The van der Waals surface area contributed by atoms with Crippen LogP contribution < -0.4 is 9.75 Å². The number of nitrogens with zero attached hydrogens (tertiary/aromatic N) is 5. The average Bonchev–Trinajstić information content (AvgIpc) is 3.53. The summed E-state index contributed by atoms with van der Waals surface area (Å²) in [6.07, 6.45) is 5.76. The lowest BCUT2D eigenvalue weighted by molar-refractivity contribution is 0.482. The van der Waals surface area contributed by atoms with Crippen molar-refractivity contribution in [2.24, 2.45) is 5.10 Å². The molecule has 5 rings (SSSR count). The molecule has 0 N–H and O–H groups in total. The fourth-order valence-corrected chi connectivity index (χ4v) is 4.61. The quantitative estimate of drug-likeness (QED) is 0.280. The molecule has 0 amide bonds. The van der Waals surface area contributed by atoms with Gasteiger partial charge in [0, 0.05) is 31.1 Å². The van der Waals surface area contributed by atoms with E-state index in [1.54, 1.807) is 0 Å². The van der Waals surface area contributed by atoms with Gasteiger partial charge in [-0.2, -0.15) is 5.10 Å². The Morgan fingerprint density at radius 2 is 1.50 bits per heavy atom. The SMILES string of the molecule is CC(C)c1cccc(C(C)C)c1-n1ccnc1-c1cccc(Oc2cccc(N3CN(C)C=N3)c2)c1. The van der Waals surface area contributed by atoms with Gasteiger partial charge in [-0.25, -0.2) is 9.99 Å². The molecule has 6 heteroatoms. The number of hydrogen-bond donors (Lipinski definition) is 0. The highest BCUT2D eigenvalue weighted by molar-refractivity contribution is 5.65. The van der Waals surface area contributed by atoms with Crippen LogP contribution in [0, 0.1) is 0 Å². The number of benzene rings is 3. The summed E-state index contributed by atoms with van der Waals surface area (Å²) in [7, 11) is 2.00. The Balaban J connectivity index is 1.48. The van der Waals surface area contributed by atoms with Crippen LogP contribution in [0.15, 0.2) is 84.2 Å². The van der Waals surface area contributed by atoms with E-state index in [2.05, 4.69) is 73.9 Å². The molecule has 0 bridgehead atoms. The zero-order valence-electron chi connectivity index (χ0n) is 21.6. The molecule has 3 aromatic carbocycles. The van der Waals surface area contributed by atoms with Gasteiger partial charge in [-0.15, -0.1) is 0 Å². The number of ether oxygens (including phenoxy) is 1. The molecule has 1 aliphatic rings. The average molecular weight is 480 g/mol. The van der Waals surface area contributed by atoms with E-state index < -0.39 is 0 Å². The molecule has 0 atom stereocenters. The first-order chi connectivity index (χ1) is 17.4. The minimum atomic E-state index is 0.399. The number of para-hydroxylation sites is 1. The fraction of sp³-hybridized carbons (Fsp3) is 0.267. The van der Waals surface area contributed by atoms with Crippen LogP contribution in [0.5, 0.6) is 11.5 Å². The summed E-state index contributed by atoms with van der Waals surface area (Å²) in [6.45, 7) is 9.69. The Morgan fingerprint density at radius 3 is 2.17 bits per heavy atom. The van der Waals surface area contributed by atoms with Crippen LogP contribution in [0.4, 0.5) is 5.69 Å². The van der Waals surface area contributed by atoms with Crippen LogP contribution in [0.3, 0.4) is 0 Å². The summed E-state index contributed by atoms with van der Waals surface area (Å²) in [5, 5.41) is 6.37. The van der Waals surface area contributed by atoms with Gasteiger partial charge in [0.15, 0.2) is 0 Å². The first kappa shape index (κ1) is 23.7. The fourth-order valence-electron chi connectivity index (χ4n) is 4.61. The summed E-state index contributed by atoms with van der Waals surface area (Å²) in [6, 6.07) is 22.8. The predicted molar refractivity (Wildman–Crippen MR) is 147 cm³/mol. The summed E-state index contributed by atoms with van der Waals surface area (Å²) in [5.74, 6) is 3.23. The number of hydrazone groups is 1. The lowest BCUT2D eigenvalue weighted by Crippen LogP contribution is -2.22. The topological polar surface area (TPSA) is 45.9 Å². The first-order valence-electron chi connectivity index (χ1n) is 12.5. The molecule has 0 saturated heterocycles. The maximum atomic E-state index is 6.28. The molecule has 2 heterocycles. The van der Waals surface area contributed by atoms with Crippen LogP contribution in [-0.2, 0) is 0 Å². The minimum absolute atomic E-state index is 0.399. The third-order valence-electron chi connectivity index (χ3n) is 6.41. The monoisotopic (exact) mass is 479 g/mol. The van der Waals surface area contributed by atoms with E-state index in [1.165, 1.54) is 16.8 Å². The highest BCUT2D eigenvalue weighted by atomic mass is 16.5. The van der Waals surface area contributed by atoms with E-state index in [1.807, 2.05) is 65.9 Å². The zero-order chi connectivity index (χ0) is 25.2. The number of imidazole rings is 1. The molecular weight excluding hydrogens is 446 g/mol. The van der Waals surface area contributed by atoms with Crippen molar-refractivity contribution in [3.63, 3.8) is 0 Å². The molecular formula is C30H33N5O. The van der Waals surface area contributed by atoms with E-state index in [4.69, 9.17) is 9.72 Å². The highest BCUT2D eigenvalue weighted by Gasteiger charge is 2.19. The van der Waals surface area contributed by atoms with Gasteiger partial charge in [0.1, 0.15) is 30.3 Å². The molecule has 0 radical (unpaired) electrons. The van der Waals surface area contributed by atoms with E-state index >= 15 is 0 Å². The maximum Gasteiger partial charge on any atom is 0.144 e. The molecule has 184 valence electrons. The smallest absolute Gasteiger partial charge is 0.144 e. The number of anilines is 1. The molecule has 0 saturated carbocycles. The minimum Gasteiger partial charge on any atom is -0.457 e. The van der Waals surface area contributed by atoms with E-state index in [-0.39, 0.29) is 0 Å². The van der Waals surface area contributed by atoms with Crippen molar-refractivity contribution in [3.05, 3.63) is 90.3 Å². The van der Waals surface area contributed by atoms with Crippen LogP contribution >= 0.6 is 0 Å². The summed E-state index contributed by atoms with van der Waals surface area (Å²) >= 11 is 0. The summed E-state index contributed by atoms with van der Waals surface area (Å²) < 4.78 is 8.51. The molecule has 4 aromatic rings. The van der Waals surface area contributed by atoms with Gasteiger partial charge < -0.3 is 9.64 Å². The van der Waals surface area contributed by atoms with Gasteiger partial charge in [0.05, 0.1) is 11.4 Å². The second-order valence-electron chi connectivity index (χ2n) is 9.87. The van der Waals surface area contributed by atoms with Crippen molar-refractivity contribution in [3.8, 4) is 28.6 Å². The molecule has 0 aliphatic carbocycles. The number of aromatic nitrogens is 2. The van der Waals surface area contributed by atoms with Crippen LogP contribution in [-0.4, -0.2) is 34.5 Å². The van der Waals surface area contributed by atoms with Crippen LogP contribution in [0.2, 0.25) is 0 Å². The second kappa shape index (κ2) is 9.90. The van der Waals surface area contributed by atoms with Crippen LogP contribution in [0.1, 0.15) is 50.7 Å². The van der Waals surface area contributed by atoms with Crippen molar-refractivity contribution >= 4 is 12.0 Å². The third kappa shape index (κ3) is 4.71. The van der Waals surface area contributed by atoms with Crippen molar-refractivity contribution in [1.82, 2.24) is 14.5 Å². The maximum absolute atomic E-state index is 6.28. The Morgan fingerprint density at radius 1 is 0.833 bits per heavy atom. The molecule has 1 aromatic heterocycles.